The summed E-state index contributed by atoms with van der Waals surface area (Å²) in [5.41, 5.74) is -1.40. The van der Waals surface area contributed by atoms with Gasteiger partial charge in [0.05, 0.1) is 6.61 Å². The third-order valence-corrected chi connectivity index (χ3v) is 2.73. The van der Waals surface area contributed by atoms with Crippen LogP contribution in [0.25, 0.3) is 0 Å². The molecule has 0 aliphatic rings. The quantitative estimate of drug-likeness (QED) is 0.595. The van der Waals surface area contributed by atoms with Crippen LogP contribution in [-0.2, 0) is 14.3 Å². The van der Waals surface area contributed by atoms with Crippen molar-refractivity contribution in [1.29, 1.82) is 0 Å². The maximum atomic E-state index is 13.3. The van der Waals surface area contributed by atoms with E-state index >= 15 is 0 Å². The predicted molar refractivity (Wildman–Crippen MR) is 67.3 cm³/mol. The van der Waals surface area contributed by atoms with Crippen molar-refractivity contribution < 1.29 is 27.8 Å². The van der Waals surface area contributed by atoms with Crippen LogP contribution in [0.5, 0.6) is 5.75 Å². The number of carbonyl (C=O) groups excluding carboxylic acids is 2. The summed E-state index contributed by atoms with van der Waals surface area (Å²) in [6.45, 7) is 4.00. The molecule has 1 aromatic carbocycles. The zero-order valence-corrected chi connectivity index (χ0v) is 11.5. The minimum absolute atomic E-state index is 0.148. The molecular formula is C14H16F2O4. The number of rotatable bonds is 6. The van der Waals surface area contributed by atoms with Crippen LogP contribution in [-0.4, -0.2) is 25.0 Å². The summed E-state index contributed by atoms with van der Waals surface area (Å²) in [5, 5.41) is 0. The molecule has 4 nitrogen and oxygen atoms in total. The standard InChI is InChI=1S/C14H16F2O4/c1-4-19-13(18)14(2,3)12(17)8-20-11-7-9(15)5-6-10(11)16/h5-7H,4,8H2,1-3H3. The third kappa shape index (κ3) is 3.76. The molecule has 0 heterocycles. The Labute approximate surface area is 115 Å². The van der Waals surface area contributed by atoms with E-state index in [4.69, 9.17) is 9.47 Å². The average molecular weight is 286 g/mol. The largest absolute Gasteiger partial charge is 0.483 e. The van der Waals surface area contributed by atoms with Gasteiger partial charge in [-0.15, -0.1) is 0 Å². The van der Waals surface area contributed by atoms with Gasteiger partial charge in [0.25, 0.3) is 0 Å². The fourth-order valence-electron chi connectivity index (χ4n) is 1.34. The molecule has 0 fully saturated rings. The molecule has 6 heteroatoms. The number of benzene rings is 1. The Hall–Kier alpha value is -1.98. The molecule has 0 aliphatic carbocycles. The number of halogens is 2. The van der Waals surface area contributed by atoms with E-state index in [0.717, 1.165) is 18.2 Å². The highest BCUT2D eigenvalue weighted by Crippen LogP contribution is 2.22. The van der Waals surface area contributed by atoms with E-state index in [2.05, 4.69) is 0 Å². The second-order valence-corrected chi connectivity index (χ2v) is 4.63. The Bertz CT molecular complexity index is 512. The number of hydrogen-bond donors (Lipinski definition) is 0. The summed E-state index contributed by atoms with van der Waals surface area (Å²) in [4.78, 5) is 23.5. The van der Waals surface area contributed by atoms with E-state index in [9.17, 15) is 18.4 Å². The van der Waals surface area contributed by atoms with Gasteiger partial charge in [0.2, 0.25) is 0 Å². The SMILES string of the molecule is CCOC(=O)C(C)(C)C(=O)COc1cc(F)ccc1F. The van der Waals surface area contributed by atoms with Gasteiger partial charge in [0.1, 0.15) is 17.8 Å². The molecule has 1 aromatic rings. The lowest BCUT2D eigenvalue weighted by Crippen LogP contribution is -2.38. The molecule has 0 bridgehead atoms. The first-order chi connectivity index (χ1) is 9.28. The van der Waals surface area contributed by atoms with Crippen molar-refractivity contribution in [3.8, 4) is 5.75 Å². The van der Waals surface area contributed by atoms with Crippen molar-refractivity contribution >= 4 is 11.8 Å². The van der Waals surface area contributed by atoms with Crippen molar-refractivity contribution in [1.82, 2.24) is 0 Å². The molecule has 0 saturated carbocycles. The molecular weight excluding hydrogens is 270 g/mol. The van der Waals surface area contributed by atoms with Crippen LogP contribution in [0.15, 0.2) is 18.2 Å². The van der Waals surface area contributed by atoms with Crippen molar-refractivity contribution in [2.75, 3.05) is 13.2 Å². The highest BCUT2D eigenvalue weighted by Gasteiger charge is 2.37. The van der Waals surface area contributed by atoms with Crippen LogP contribution in [0.2, 0.25) is 0 Å². The van der Waals surface area contributed by atoms with Crippen LogP contribution in [0.4, 0.5) is 8.78 Å². The lowest BCUT2D eigenvalue weighted by molar-refractivity contribution is -0.158. The number of carbonyl (C=O) groups is 2. The lowest BCUT2D eigenvalue weighted by Gasteiger charge is -2.20. The Kier molecular flexibility index (Phi) is 5.19. The van der Waals surface area contributed by atoms with E-state index in [1.165, 1.54) is 13.8 Å². The molecule has 0 saturated heterocycles. The Morgan fingerprint density at radius 1 is 1.25 bits per heavy atom. The molecule has 0 atom stereocenters. The first kappa shape index (κ1) is 16.1. The number of esters is 1. The first-order valence-electron chi connectivity index (χ1n) is 6.07. The monoisotopic (exact) mass is 286 g/mol. The molecule has 1 rings (SSSR count). The number of ketones is 1. The van der Waals surface area contributed by atoms with Crippen molar-refractivity contribution in [3.63, 3.8) is 0 Å². The normalized spacial score (nSPS) is 11.1. The van der Waals surface area contributed by atoms with Gasteiger partial charge in [-0.05, 0) is 32.9 Å². The van der Waals surface area contributed by atoms with Crippen molar-refractivity contribution in [2.45, 2.75) is 20.8 Å². The van der Waals surface area contributed by atoms with Gasteiger partial charge in [0.15, 0.2) is 17.3 Å². The van der Waals surface area contributed by atoms with Gasteiger partial charge in [-0.3, -0.25) is 9.59 Å². The summed E-state index contributed by atoms with van der Waals surface area (Å²) in [6.07, 6.45) is 0. The molecule has 0 N–H and O–H groups in total. The Balaban J connectivity index is 2.71. The van der Waals surface area contributed by atoms with Crippen molar-refractivity contribution in [3.05, 3.63) is 29.8 Å². The van der Waals surface area contributed by atoms with E-state index < -0.39 is 35.4 Å². The predicted octanol–water partition coefficient (Wildman–Crippen LogP) is 2.50. The molecule has 0 spiro atoms. The molecule has 0 unspecified atom stereocenters. The average Bonchev–Trinajstić information content (AvgIpc) is 2.39. The van der Waals surface area contributed by atoms with Gasteiger partial charge >= 0.3 is 5.97 Å². The Morgan fingerprint density at radius 2 is 1.90 bits per heavy atom. The summed E-state index contributed by atoms with van der Waals surface area (Å²) >= 11 is 0. The summed E-state index contributed by atoms with van der Waals surface area (Å²) < 4.78 is 35.9. The lowest BCUT2D eigenvalue weighted by atomic mass is 9.88. The fourth-order valence-corrected chi connectivity index (χ4v) is 1.34. The highest BCUT2D eigenvalue weighted by molar-refractivity contribution is 6.03. The summed E-state index contributed by atoms with van der Waals surface area (Å²) in [5.74, 6) is -3.11. The number of Topliss-reactive ketones (excluding diaryl/α,β-unsaturated/α-hetero) is 1. The molecule has 0 radical (unpaired) electrons. The third-order valence-electron chi connectivity index (χ3n) is 2.73. The van der Waals surface area contributed by atoms with Gasteiger partial charge < -0.3 is 9.47 Å². The van der Waals surface area contributed by atoms with Crippen molar-refractivity contribution in [2.24, 2.45) is 5.41 Å². The van der Waals surface area contributed by atoms with Gasteiger partial charge in [-0.1, -0.05) is 0 Å². The van der Waals surface area contributed by atoms with Gasteiger partial charge in [-0.25, -0.2) is 8.78 Å². The highest BCUT2D eigenvalue weighted by atomic mass is 19.1. The molecule has 0 amide bonds. The summed E-state index contributed by atoms with van der Waals surface area (Å²) in [7, 11) is 0. The number of hydrogen-bond acceptors (Lipinski definition) is 4. The van der Waals surface area contributed by atoms with E-state index in [1.54, 1.807) is 6.92 Å². The smallest absolute Gasteiger partial charge is 0.319 e. The Morgan fingerprint density at radius 3 is 2.50 bits per heavy atom. The second kappa shape index (κ2) is 6.45. The van der Waals surface area contributed by atoms with Crippen LogP contribution in [0.1, 0.15) is 20.8 Å². The first-order valence-corrected chi connectivity index (χ1v) is 6.07. The topological polar surface area (TPSA) is 52.6 Å². The van der Waals surface area contributed by atoms with E-state index in [0.29, 0.717) is 0 Å². The van der Waals surface area contributed by atoms with Gasteiger partial charge in [0, 0.05) is 6.07 Å². The van der Waals surface area contributed by atoms with Gasteiger partial charge in [-0.2, -0.15) is 0 Å². The summed E-state index contributed by atoms with van der Waals surface area (Å²) in [6, 6.07) is 2.66. The fraction of sp³-hybridized carbons (Fsp3) is 0.429. The second-order valence-electron chi connectivity index (χ2n) is 4.63. The van der Waals surface area contributed by atoms with Crippen LogP contribution in [0.3, 0.4) is 0 Å². The van der Waals surface area contributed by atoms with Crippen LogP contribution in [0, 0.1) is 17.0 Å². The molecule has 20 heavy (non-hydrogen) atoms. The number of ether oxygens (including phenoxy) is 2. The molecule has 0 aliphatic heterocycles. The maximum absolute atomic E-state index is 13.3. The minimum atomic E-state index is -1.40. The zero-order valence-electron chi connectivity index (χ0n) is 11.5. The van der Waals surface area contributed by atoms with Crippen LogP contribution >= 0.6 is 0 Å². The maximum Gasteiger partial charge on any atom is 0.319 e. The minimum Gasteiger partial charge on any atom is -0.483 e. The van der Waals surface area contributed by atoms with Crippen LogP contribution < -0.4 is 4.74 Å². The van der Waals surface area contributed by atoms with E-state index in [-0.39, 0.29) is 12.4 Å². The molecule has 0 aromatic heterocycles. The van der Waals surface area contributed by atoms with E-state index in [1.807, 2.05) is 0 Å². The molecule has 110 valence electrons. The zero-order chi connectivity index (χ0) is 15.3.